The molecule has 1 aromatic carbocycles. The molecule has 0 aliphatic heterocycles. The van der Waals surface area contributed by atoms with Crippen LogP contribution in [0.3, 0.4) is 0 Å². The van der Waals surface area contributed by atoms with Gasteiger partial charge in [-0.25, -0.2) is 0 Å². The van der Waals surface area contributed by atoms with E-state index in [1.807, 2.05) is 13.0 Å². The van der Waals surface area contributed by atoms with Gasteiger partial charge in [-0.3, -0.25) is 9.59 Å². The predicted molar refractivity (Wildman–Crippen MR) is 70.1 cm³/mol. The minimum absolute atomic E-state index is 0.122. The molecule has 0 radical (unpaired) electrons. The van der Waals surface area contributed by atoms with Gasteiger partial charge in [-0.05, 0) is 24.6 Å². The molecule has 6 heteroatoms. The maximum atomic E-state index is 11.6. The van der Waals surface area contributed by atoms with Crippen molar-refractivity contribution in [1.82, 2.24) is 5.32 Å². The van der Waals surface area contributed by atoms with Gasteiger partial charge in [0, 0.05) is 0 Å². The van der Waals surface area contributed by atoms with Crippen molar-refractivity contribution in [2.75, 3.05) is 24.9 Å². The summed E-state index contributed by atoms with van der Waals surface area (Å²) < 4.78 is 5.12. The van der Waals surface area contributed by atoms with Crippen molar-refractivity contribution in [3.05, 3.63) is 23.8 Å². The van der Waals surface area contributed by atoms with E-state index in [1.165, 1.54) is 7.11 Å². The van der Waals surface area contributed by atoms with E-state index in [4.69, 9.17) is 16.3 Å². The van der Waals surface area contributed by atoms with Gasteiger partial charge >= 0.3 is 0 Å². The number of nitrogens with one attached hydrogen (secondary N) is 2. The Labute approximate surface area is 110 Å². The van der Waals surface area contributed by atoms with Crippen molar-refractivity contribution >= 4 is 29.1 Å². The standard InChI is InChI=1S/C12H15ClN2O3/c1-8-3-4-10(18-2)9(5-8)15-12(17)7-14-11(16)6-13/h3-5H,6-7H2,1-2H3,(H,14,16)(H,15,17). The van der Waals surface area contributed by atoms with Crippen LogP contribution in [0.1, 0.15) is 5.56 Å². The number of alkyl halides is 1. The van der Waals surface area contributed by atoms with Gasteiger partial charge < -0.3 is 15.4 Å². The molecule has 1 rings (SSSR count). The summed E-state index contributed by atoms with van der Waals surface area (Å²) in [5.74, 6) is -0.320. The quantitative estimate of drug-likeness (QED) is 0.793. The molecule has 5 nitrogen and oxygen atoms in total. The summed E-state index contributed by atoms with van der Waals surface area (Å²) in [4.78, 5) is 22.5. The van der Waals surface area contributed by atoms with Gasteiger partial charge in [0.05, 0.1) is 19.3 Å². The van der Waals surface area contributed by atoms with Crippen molar-refractivity contribution in [3.8, 4) is 5.75 Å². The molecule has 2 amide bonds. The summed E-state index contributed by atoms with van der Waals surface area (Å²) in [6.07, 6.45) is 0. The van der Waals surface area contributed by atoms with Gasteiger partial charge in [0.2, 0.25) is 11.8 Å². The number of rotatable bonds is 5. The summed E-state index contributed by atoms with van der Waals surface area (Å²) >= 11 is 5.30. The van der Waals surface area contributed by atoms with Crippen LogP contribution in [0, 0.1) is 6.92 Å². The Morgan fingerprint density at radius 1 is 1.33 bits per heavy atom. The normalized spacial score (nSPS) is 9.72. The Balaban J connectivity index is 2.63. The first kappa shape index (κ1) is 14.3. The second-order valence-electron chi connectivity index (χ2n) is 3.66. The Morgan fingerprint density at radius 2 is 2.06 bits per heavy atom. The second kappa shape index (κ2) is 6.86. The van der Waals surface area contributed by atoms with E-state index in [-0.39, 0.29) is 24.2 Å². The van der Waals surface area contributed by atoms with E-state index < -0.39 is 0 Å². The molecule has 98 valence electrons. The minimum atomic E-state index is -0.386. The van der Waals surface area contributed by atoms with Crippen LogP contribution < -0.4 is 15.4 Å². The molecule has 0 aliphatic carbocycles. The van der Waals surface area contributed by atoms with Gasteiger partial charge in [-0.2, -0.15) is 0 Å². The van der Waals surface area contributed by atoms with Crippen molar-refractivity contribution in [2.24, 2.45) is 0 Å². The fourth-order valence-corrected chi connectivity index (χ4v) is 1.43. The van der Waals surface area contributed by atoms with Crippen LogP contribution in [0.25, 0.3) is 0 Å². The number of hydrogen-bond acceptors (Lipinski definition) is 3. The number of carbonyl (C=O) groups excluding carboxylic acids is 2. The van der Waals surface area contributed by atoms with Crippen molar-refractivity contribution in [1.29, 1.82) is 0 Å². The van der Waals surface area contributed by atoms with E-state index in [0.29, 0.717) is 11.4 Å². The molecule has 0 unspecified atom stereocenters. The lowest BCUT2D eigenvalue weighted by molar-refractivity contribution is -0.122. The number of hydrogen-bond donors (Lipinski definition) is 2. The Kier molecular flexibility index (Phi) is 5.45. The Hall–Kier alpha value is -1.75. The number of anilines is 1. The molecule has 0 fully saturated rings. The molecule has 1 aromatic rings. The van der Waals surface area contributed by atoms with Crippen LogP contribution in [0.2, 0.25) is 0 Å². The number of aryl methyl sites for hydroxylation is 1. The molecule has 0 saturated heterocycles. The molecule has 0 saturated carbocycles. The SMILES string of the molecule is COc1ccc(C)cc1NC(=O)CNC(=O)CCl. The van der Waals surface area contributed by atoms with Crippen LogP contribution in [-0.4, -0.2) is 31.3 Å². The van der Waals surface area contributed by atoms with Crippen LogP contribution in [0.5, 0.6) is 5.75 Å². The molecule has 0 aliphatic rings. The molecule has 18 heavy (non-hydrogen) atoms. The van der Waals surface area contributed by atoms with E-state index in [0.717, 1.165) is 5.56 Å². The van der Waals surface area contributed by atoms with Crippen LogP contribution in [0.15, 0.2) is 18.2 Å². The maximum absolute atomic E-state index is 11.6. The van der Waals surface area contributed by atoms with Gasteiger partial charge in [0.1, 0.15) is 11.6 Å². The molecular formula is C12H15ClN2O3. The number of methoxy groups -OCH3 is 1. The third-order valence-corrected chi connectivity index (χ3v) is 2.44. The number of halogens is 1. The van der Waals surface area contributed by atoms with Crippen LogP contribution in [-0.2, 0) is 9.59 Å². The Bertz CT molecular complexity index is 449. The van der Waals surface area contributed by atoms with E-state index >= 15 is 0 Å². The van der Waals surface area contributed by atoms with E-state index in [9.17, 15) is 9.59 Å². The molecule has 0 atom stereocenters. The largest absolute Gasteiger partial charge is 0.495 e. The van der Waals surface area contributed by atoms with Gasteiger partial charge in [0.15, 0.2) is 0 Å². The number of ether oxygens (including phenoxy) is 1. The first-order chi connectivity index (χ1) is 8.56. The predicted octanol–water partition coefficient (Wildman–Crippen LogP) is 1.30. The molecule has 0 heterocycles. The van der Waals surface area contributed by atoms with Crippen LogP contribution >= 0.6 is 11.6 Å². The summed E-state index contributed by atoms with van der Waals surface area (Å²) in [6, 6.07) is 5.44. The summed E-state index contributed by atoms with van der Waals surface area (Å²) in [7, 11) is 1.52. The van der Waals surface area contributed by atoms with Gasteiger partial charge in [-0.1, -0.05) is 6.07 Å². The van der Waals surface area contributed by atoms with Gasteiger partial charge in [0.25, 0.3) is 0 Å². The second-order valence-corrected chi connectivity index (χ2v) is 3.93. The molecule has 2 N–H and O–H groups in total. The zero-order valence-corrected chi connectivity index (χ0v) is 11.0. The minimum Gasteiger partial charge on any atom is -0.495 e. The number of carbonyl (C=O) groups is 2. The lowest BCUT2D eigenvalue weighted by atomic mass is 10.2. The fourth-order valence-electron chi connectivity index (χ4n) is 1.34. The first-order valence-electron chi connectivity index (χ1n) is 5.34. The van der Waals surface area contributed by atoms with Crippen LogP contribution in [0.4, 0.5) is 5.69 Å². The highest BCUT2D eigenvalue weighted by Crippen LogP contribution is 2.24. The topological polar surface area (TPSA) is 67.4 Å². The lowest BCUT2D eigenvalue weighted by Gasteiger charge is -2.11. The molecule has 0 bridgehead atoms. The van der Waals surface area contributed by atoms with E-state index in [2.05, 4.69) is 10.6 Å². The third-order valence-electron chi connectivity index (χ3n) is 2.20. The van der Waals surface area contributed by atoms with Crippen molar-refractivity contribution in [2.45, 2.75) is 6.92 Å². The highest BCUT2D eigenvalue weighted by atomic mass is 35.5. The zero-order chi connectivity index (χ0) is 13.5. The molecular weight excluding hydrogens is 256 g/mol. The van der Waals surface area contributed by atoms with Crippen molar-refractivity contribution < 1.29 is 14.3 Å². The smallest absolute Gasteiger partial charge is 0.243 e. The number of benzene rings is 1. The third kappa shape index (κ3) is 4.25. The van der Waals surface area contributed by atoms with E-state index in [1.54, 1.807) is 12.1 Å². The molecule has 0 aromatic heterocycles. The monoisotopic (exact) mass is 270 g/mol. The number of amides is 2. The summed E-state index contributed by atoms with van der Waals surface area (Å²) in [5, 5.41) is 5.04. The summed E-state index contributed by atoms with van der Waals surface area (Å²) in [5.41, 5.74) is 1.57. The van der Waals surface area contributed by atoms with Crippen molar-refractivity contribution in [3.63, 3.8) is 0 Å². The summed E-state index contributed by atoms with van der Waals surface area (Å²) in [6.45, 7) is 1.78. The Morgan fingerprint density at radius 3 is 2.67 bits per heavy atom. The lowest BCUT2D eigenvalue weighted by Crippen LogP contribution is -2.33. The fraction of sp³-hybridized carbons (Fsp3) is 0.333. The highest BCUT2D eigenvalue weighted by molar-refractivity contribution is 6.27. The first-order valence-corrected chi connectivity index (χ1v) is 5.87. The highest BCUT2D eigenvalue weighted by Gasteiger charge is 2.08. The average Bonchev–Trinajstić information content (AvgIpc) is 2.36. The maximum Gasteiger partial charge on any atom is 0.243 e. The molecule has 0 spiro atoms. The zero-order valence-electron chi connectivity index (χ0n) is 10.2. The average molecular weight is 271 g/mol. The van der Waals surface area contributed by atoms with Gasteiger partial charge in [-0.15, -0.1) is 11.6 Å².